The molecule has 1 fully saturated rings. The number of aromatic amines is 1. The van der Waals surface area contributed by atoms with Crippen LogP contribution in [0, 0.1) is 0 Å². The Bertz CT molecular complexity index is 848. The summed E-state index contributed by atoms with van der Waals surface area (Å²) < 4.78 is 0. The van der Waals surface area contributed by atoms with Gasteiger partial charge in [-0.15, -0.1) is 11.3 Å². The molecule has 2 aliphatic rings. The maximum absolute atomic E-state index is 12.7. The standard InChI is InChI=1S/C19H28N4OS/c1-18(2)9-11(10-19(3,4)23-18)20-17-21-15(24)14-12-7-5-6-8-13(12)25-16(14)22-17/h11,23H,5-10H2,1-4H3,(H2,20,21,22,24). The molecule has 2 aromatic rings. The second-order valence-electron chi connectivity index (χ2n) is 8.95. The van der Waals surface area contributed by atoms with E-state index in [1.54, 1.807) is 11.3 Å². The summed E-state index contributed by atoms with van der Waals surface area (Å²) in [5.41, 5.74) is 1.38. The Morgan fingerprint density at radius 2 is 1.80 bits per heavy atom. The highest BCUT2D eigenvalue weighted by Crippen LogP contribution is 2.34. The van der Waals surface area contributed by atoms with Gasteiger partial charge in [0.15, 0.2) is 0 Å². The van der Waals surface area contributed by atoms with Crippen LogP contribution in [0.3, 0.4) is 0 Å². The van der Waals surface area contributed by atoms with E-state index in [2.05, 4.69) is 43.3 Å². The fraction of sp³-hybridized carbons (Fsp3) is 0.684. The zero-order valence-electron chi connectivity index (χ0n) is 15.6. The first-order chi connectivity index (χ1) is 11.7. The Morgan fingerprint density at radius 1 is 1.12 bits per heavy atom. The molecule has 5 nitrogen and oxygen atoms in total. The molecule has 0 spiro atoms. The molecule has 3 heterocycles. The third kappa shape index (κ3) is 3.34. The van der Waals surface area contributed by atoms with Gasteiger partial charge in [-0.05, 0) is 71.8 Å². The van der Waals surface area contributed by atoms with Crippen LogP contribution in [0.25, 0.3) is 10.2 Å². The molecule has 2 aromatic heterocycles. The normalized spacial score (nSPS) is 22.7. The van der Waals surface area contributed by atoms with Crippen LogP contribution in [0.1, 0.15) is 63.8 Å². The van der Waals surface area contributed by atoms with Crippen molar-refractivity contribution >= 4 is 27.5 Å². The molecule has 0 unspecified atom stereocenters. The molecule has 0 bridgehead atoms. The van der Waals surface area contributed by atoms with Crippen molar-refractivity contribution in [3.05, 3.63) is 20.8 Å². The van der Waals surface area contributed by atoms with Crippen LogP contribution < -0.4 is 16.2 Å². The van der Waals surface area contributed by atoms with Crippen molar-refractivity contribution in [2.45, 2.75) is 83.3 Å². The van der Waals surface area contributed by atoms with Gasteiger partial charge in [0.2, 0.25) is 5.95 Å². The number of rotatable bonds is 2. The molecule has 0 amide bonds. The minimum Gasteiger partial charge on any atom is -0.353 e. The van der Waals surface area contributed by atoms with E-state index >= 15 is 0 Å². The molecule has 1 saturated heterocycles. The number of nitrogens with zero attached hydrogens (tertiary/aromatic N) is 1. The molecule has 0 saturated carbocycles. The maximum Gasteiger partial charge on any atom is 0.261 e. The number of hydrogen-bond acceptors (Lipinski definition) is 5. The summed E-state index contributed by atoms with van der Waals surface area (Å²) in [6.07, 6.45) is 6.51. The zero-order valence-corrected chi connectivity index (χ0v) is 16.4. The second kappa shape index (κ2) is 5.81. The van der Waals surface area contributed by atoms with E-state index in [1.165, 1.54) is 23.3 Å². The maximum atomic E-state index is 12.7. The molecule has 1 aliphatic heterocycles. The molecule has 4 rings (SSSR count). The number of fused-ring (bicyclic) bond motifs is 3. The molecule has 0 aromatic carbocycles. The fourth-order valence-electron chi connectivity index (χ4n) is 4.85. The number of H-pyrrole nitrogens is 1. The van der Waals surface area contributed by atoms with Gasteiger partial charge in [-0.2, -0.15) is 0 Å². The first-order valence-corrected chi connectivity index (χ1v) is 10.1. The molecule has 0 radical (unpaired) electrons. The molecule has 0 atom stereocenters. The number of aryl methyl sites for hydroxylation is 2. The van der Waals surface area contributed by atoms with Crippen molar-refractivity contribution in [1.82, 2.24) is 15.3 Å². The summed E-state index contributed by atoms with van der Waals surface area (Å²) in [7, 11) is 0. The van der Waals surface area contributed by atoms with E-state index in [1.807, 2.05) is 0 Å². The highest BCUT2D eigenvalue weighted by molar-refractivity contribution is 7.18. The summed E-state index contributed by atoms with van der Waals surface area (Å²) in [6.45, 7) is 8.93. The minimum absolute atomic E-state index is 0.0133. The first kappa shape index (κ1) is 17.0. The molecule has 1 aliphatic carbocycles. The highest BCUT2D eigenvalue weighted by atomic mass is 32.1. The van der Waals surface area contributed by atoms with E-state index in [-0.39, 0.29) is 16.6 Å². The van der Waals surface area contributed by atoms with Crippen molar-refractivity contribution in [2.75, 3.05) is 5.32 Å². The Kier molecular flexibility index (Phi) is 3.96. The topological polar surface area (TPSA) is 69.8 Å². The van der Waals surface area contributed by atoms with Gasteiger partial charge in [0.05, 0.1) is 5.39 Å². The van der Waals surface area contributed by atoms with Crippen LogP contribution >= 0.6 is 11.3 Å². The van der Waals surface area contributed by atoms with Crippen LogP contribution in [0.4, 0.5) is 5.95 Å². The highest BCUT2D eigenvalue weighted by Gasteiger charge is 2.37. The lowest BCUT2D eigenvalue weighted by Crippen LogP contribution is -2.60. The van der Waals surface area contributed by atoms with Crippen LogP contribution in [-0.2, 0) is 12.8 Å². The third-order valence-corrected chi connectivity index (χ3v) is 6.54. The molecule has 25 heavy (non-hydrogen) atoms. The van der Waals surface area contributed by atoms with Gasteiger partial charge in [0.25, 0.3) is 5.56 Å². The first-order valence-electron chi connectivity index (χ1n) is 9.33. The van der Waals surface area contributed by atoms with Crippen LogP contribution in [0.15, 0.2) is 4.79 Å². The van der Waals surface area contributed by atoms with Gasteiger partial charge in [-0.1, -0.05) is 0 Å². The van der Waals surface area contributed by atoms with Gasteiger partial charge < -0.3 is 10.6 Å². The number of aromatic nitrogens is 2. The minimum atomic E-state index is 0.0133. The van der Waals surface area contributed by atoms with E-state index in [4.69, 9.17) is 4.98 Å². The predicted octanol–water partition coefficient (Wildman–Crippen LogP) is 3.58. The molecular weight excluding hydrogens is 332 g/mol. The van der Waals surface area contributed by atoms with Crippen LogP contribution in [0.5, 0.6) is 0 Å². The predicted molar refractivity (Wildman–Crippen MR) is 105 cm³/mol. The lowest BCUT2D eigenvalue weighted by Gasteiger charge is -2.46. The largest absolute Gasteiger partial charge is 0.353 e. The fourth-order valence-corrected chi connectivity index (χ4v) is 6.11. The number of hydrogen-bond donors (Lipinski definition) is 3. The van der Waals surface area contributed by atoms with Crippen LogP contribution in [-0.4, -0.2) is 27.1 Å². The second-order valence-corrected chi connectivity index (χ2v) is 10.0. The Hall–Kier alpha value is -1.40. The molecular formula is C19H28N4OS. The third-order valence-electron chi connectivity index (χ3n) is 5.36. The SMILES string of the molecule is CC1(C)CC(Nc2nc3sc4c(c3c(=O)[nH]2)CCCC4)CC(C)(C)N1. The van der Waals surface area contributed by atoms with Gasteiger partial charge in [-0.25, -0.2) is 4.98 Å². The Labute approximate surface area is 152 Å². The van der Waals surface area contributed by atoms with Gasteiger partial charge in [0.1, 0.15) is 4.83 Å². The van der Waals surface area contributed by atoms with Crippen molar-refractivity contribution in [2.24, 2.45) is 0 Å². The zero-order chi connectivity index (χ0) is 17.8. The summed E-state index contributed by atoms with van der Waals surface area (Å²) in [5.74, 6) is 0.620. The molecule has 3 N–H and O–H groups in total. The summed E-state index contributed by atoms with van der Waals surface area (Å²) >= 11 is 1.71. The number of nitrogens with one attached hydrogen (secondary N) is 3. The van der Waals surface area contributed by atoms with Crippen molar-refractivity contribution in [3.8, 4) is 0 Å². The van der Waals surface area contributed by atoms with Crippen molar-refractivity contribution < 1.29 is 0 Å². The monoisotopic (exact) mass is 360 g/mol. The quantitative estimate of drug-likeness (QED) is 0.765. The number of piperidine rings is 1. The average molecular weight is 361 g/mol. The summed E-state index contributed by atoms with van der Waals surface area (Å²) in [5, 5.41) is 8.03. The Balaban J connectivity index is 1.65. The molecule has 136 valence electrons. The van der Waals surface area contributed by atoms with Crippen LogP contribution in [0.2, 0.25) is 0 Å². The van der Waals surface area contributed by atoms with E-state index in [9.17, 15) is 4.79 Å². The van der Waals surface area contributed by atoms with Gasteiger partial charge in [0, 0.05) is 22.0 Å². The Morgan fingerprint density at radius 3 is 2.52 bits per heavy atom. The molecule has 6 heteroatoms. The lowest BCUT2D eigenvalue weighted by molar-refractivity contribution is 0.170. The summed E-state index contributed by atoms with van der Waals surface area (Å²) in [6, 6.07) is 0.293. The average Bonchev–Trinajstić information content (AvgIpc) is 2.82. The van der Waals surface area contributed by atoms with E-state index < -0.39 is 0 Å². The smallest absolute Gasteiger partial charge is 0.261 e. The van der Waals surface area contributed by atoms with Crippen molar-refractivity contribution in [3.63, 3.8) is 0 Å². The van der Waals surface area contributed by atoms with E-state index in [0.717, 1.165) is 35.9 Å². The summed E-state index contributed by atoms with van der Waals surface area (Å²) in [4.78, 5) is 22.7. The van der Waals surface area contributed by atoms with Gasteiger partial charge in [-0.3, -0.25) is 9.78 Å². The lowest BCUT2D eigenvalue weighted by atomic mass is 9.80. The number of anilines is 1. The number of thiophene rings is 1. The van der Waals surface area contributed by atoms with Gasteiger partial charge >= 0.3 is 0 Å². The van der Waals surface area contributed by atoms with E-state index in [0.29, 0.717) is 12.0 Å². The van der Waals surface area contributed by atoms with Crippen molar-refractivity contribution in [1.29, 1.82) is 0 Å².